The molecule has 0 aliphatic carbocycles. The first-order valence-corrected chi connectivity index (χ1v) is 10.9. The van der Waals surface area contributed by atoms with Crippen molar-refractivity contribution in [2.75, 3.05) is 10.0 Å². The Labute approximate surface area is 177 Å². The highest BCUT2D eigenvalue weighted by molar-refractivity contribution is 9.10. The molecule has 0 fully saturated rings. The van der Waals surface area contributed by atoms with E-state index in [-0.39, 0.29) is 10.5 Å². The lowest BCUT2D eigenvalue weighted by Crippen LogP contribution is -2.16. The van der Waals surface area contributed by atoms with Gasteiger partial charge in [-0.3, -0.25) is 9.52 Å². The van der Waals surface area contributed by atoms with Crippen molar-refractivity contribution >= 4 is 43.2 Å². The Bertz CT molecular complexity index is 1160. The minimum absolute atomic E-state index is 0.0480. The molecule has 0 aromatic heterocycles. The molecule has 0 heterocycles. The molecule has 1 amide bonds. The Balaban J connectivity index is 1.79. The van der Waals surface area contributed by atoms with E-state index in [1.165, 1.54) is 42.5 Å². The van der Waals surface area contributed by atoms with Crippen molar-refractivity contribution in [1.29, 1.82) is 0 Å². The van der Waals surface area contributed by atoms with Crippen molar-refractivity contribution < 1.29 is 17.6 Å². The second kappa shape index (κ2) is 8.34. The van der Waals surface area contributed by atoms with Crippen molar-refractivity contribution in [2.45, 2.75) is 18.7 Å². The number of hydrogen-bond acceptors (Lipinski definition) is 3. The van der Waals surface area contributed by atoms with Gasteiger partial charge in [-0.25, -0.2) is 12.8 Å². The predicted octanol–water partition coefficient (Wildman–Crippen LogP) is 5.26. The maximum absolute atomic E-state index is 13.8. The number of anilines is 2. The largest absolute Gasteiger partial charge is 0.322 e. The topological polar surface area (TPSA) is 75.3 Å². The summed E-state index contributed by atoms with van der Waals surface area (Å²) in [6.07, 6.45) is 0. The van der Waals surface area contributed by atoms with Gasteiger partial charge in [0.1, 0.15) is 5.82 Å². The van der Waals surface area contributed by atoms with Crippen LogP contribution >= 0.6 is 15.9 Å². The first kappa shape index (κ1) is 21.0. The van der Waals surface area contributed by atoms with Crippen LogP contribution in [0, 0.1) is 19.7 Å². The fourth-order valence-corrected chi connectivity index (χ4v) is 4.32. The third kappa shape index (κ3) is 4.83. The van der Waals surface area contributed by atoms with Crippen LogP contribution < -0.4 is 10.0 Å². The molecule has 8 heteroatoms. The summed E-state index contributed by atoms with van der Waals surface area (Å²) in [6.45, 7) is 3.65. The van der Waals surface area contributed by atoms with Gasteiger partial charge in [0.15, 0.2) is 0 Å². The van der Waals surface area contributed by atoms with Crippen LogP contribution in [0.3, 0.4) is 0 Å². The third-order valence-corrected chi connectivity index (χ3v) is 6.17. The van der Waals surface area contributed by atoms with Gasteiger partial charge in [-0.15, -0.1) is 0 Å². The summed E-state index contributed by atoms with van der Waals surface area (Å²) in [4.78, 5) is 12.3. The number of rotatable bonds is 5. The molecular formula is C21H18BrFN2O3S. The van der Waals surface area contributed by atoms with Gasteiger partial charge in [-0.2, -0.15) is 0 Å². The zero-order chi connectivity index (χ0) is 21.2. The highest BCUT2D eigenvalue weighted by Gasteiger charge is 2.17. The van der Waals surface area contributed by atoms with E-state index in [1.54, 1.807) is 0 Å². The molecule has 0 saturated heterocycles. The van der Waals surface area contributed by atoms with Crippen molar-refractivity contribution in [2.24, 2.45) is 0 Å². The van der Waals surface area contributed by atoms with E-state index in [4.69, 9.17) is 0 Å². The number of carbonyl (C=O) groups excluding carboxylic acids is 1. The van der Waals surface area contributed by atoms with Crippen LogP contribution in [0.15, 0.2) is 70.0 Å². The minimum Gasteiger partial charge on any atom is -0.322 e. The van der Waals surface area contributed by atoms with Crippen LogP contribution in [0.5, 0.6) is 0 Å². The Kier molecular flexibility index (Phi) is 6.04. The molecule has 0 unspecified atom stereocenters. The molecule has 29 heavy (non-hydrogen) atoms. The standard InChI is InChI=1S/C21H18BrFN2O3S/c1-13-4-3-5-14(2)20(13)25-29(27,28)17-9-7-16(8-10-17)24-21(26)18-12-15(22)6-11-19(18)23/h3-12,25H,1-2H3,(H,24,26). The first-order valence-electron chi connectivity index (χ1n) is 8.63. The molecule has 0 aliphatic rings. The number of hydrogen-bond donors (Lipinski definition) is 2. The molecule has 0 atom stereocenters. The Morgan fingerprint density at radius 3 is 2.21 bits per heavy atom. The lowest BCUT2D eigenvalue weighted by Gasteiger charge is -2.13. The molecule has 3 aromatic carbocycles. The van der Waals surface area contributed by atoms with E-state index in [2.05, 4.69) is 26.0 Å². The SMILES string of the molecule is Cc1cccc(C)c1NS(=O)(=O)c1ccc(NC(=O)c2cc(Br)ccc2F)cc1. The van der Waals surface area contributed by atoms with E-state index >= 15 is 0 Å². The molecule has 150 valence electrons. The second-order valence-electron chi connectivity index (χ2n) is 6.47. The molecule has 0 saturated carbocycles. The zero-order valence-electron chi connectivity index (χ0n) is 15.7. The fourth-order valence-electron chi connectivity index (χ4n) is 2.76. The van der Waals surface area contributed by atoms with E-state index in [1.807, 2.05) is 32.0 Å². The number of amides is 1. The van der Waals surface area contributed by atoms with E-state index < -0.39 is 21.7 Å². The molecule has 0 aliphatic heterocycles. The Hall–Kier alpha value is -2.71. The van der Waals surface area contributed by atoms with Gasteiger partial charge in [0.05, 0.1) is 16.1 Å². The van der Waals surface area contributed by atoms with Crippen LogP contribution in [0.1, 0.15) is 21.5 Å². The number of nitrogens with one attached hydrogen (secondary N) is 2. The molecule has 3 aromatic rings. The summed E-state index contributed by atoms with van der Waals surface area (Å²) in [5.74, 6) is -1.28. The van der Waals surface area contributed by atoms with Crippen LogP contribution in [-0.4, -0.2) is 14.3 Å². The summed E-state index contributed by atoms with van der Waals surface area (Å²) in [5, 5.41) is 2.56. The number of carbonyl (C=O) groups is 1. The summed E-state index contributed by atoms with van der Waals surface area (Å²) in [6, 6.07) is 15.2. The van der Waals surface area contributed by atoms with Gasteiger partial charge in [-0.05, 0) is 67.4 Å². The van der Waals surface area contributed by atoms with E-state index in [0.717, 1.165) is 11.1 Å². The van der Waals surface area contributed by atoms with Gasteiger partial charge in [-0.1, -0.05) is 34.1 Å². The summed E-state index contributed by atoms with van der Waals surface area (Å²) in [5.41, 5.74) is 2.39. The first-order chi connectivity index (χ1) is 13.7. The number of para-hydroxylation sites is 1. The van der Waals surface area contributed by atoms with Gasteiger partial charge in [0.2, 0.25) is 0 Å². The van der Waals surface area contributed by atoms with Crippen molar-refractivity contribution in [3.05, 3.63) is 87.6 Å². The molecule has 5 nitrogen and oxygen atoms in total. The molecule has 0 bridgehead atoms. The number of halogens is 2. The highest BCUT2D eigenvalue weighted by atomic mass is 79.9. The number of aryl methyl sites for hydroxylation is 2. The quantitative estimate of drug-likeness (QED) is 0.527. The van der Waals surface area contributed by atoms with Gasteiger partial charge >= 0.3 is 0 Å². The van der Waals surface area contributed by atoms with Crippen molar-refractivity contribution in [3.63, 3.8) is 0 Å². The van der Waals surface area contributed by atoms with E-state index in [0.29, 0.717) is 15.8 Å². The normalized spacial score (nSPS) is 11.2. The van der Waals surface area contributed by atoms with Gasteiger partial charge in [0, 0.05) is 10.2 Å². The second-order valence-corrected chi connectivity index (χ2v) is 9.07. The van der Waals surface area contributed by atoms with Gasteiger partial charge in [0.25, 0.3) is 15.9 Å². The molecule has 0 spiro atoms. The lowest BCUT2D eigenvalue weighted by atomic mass is 10.1. The fraction of sp³-hybridized carbons (Fsp3) is 0.0952. The summed E-state index contributed by atoms with van der Waals surface area (Å²) in [7, 11) is -3.80. The molecule has 0 radical (unpaired) electrons. The smallest absolute Gasteiger partial charge is 0.261 e. The third-order valence-electron chi connectivity index (χ3n) is 4.31. The van der Waals surface area contributed by atoms with Crippen molar-refractivity contribution in [1.82, 2.24) is 0 Å². The minimum atomic E-state index is -3.80. The average Bonchev–Trinajstić information content (AvgIpc) is 2.67. The van der Waals surface area contributed by atoms with Crippen molar-refractivity contribution in [3.8, 4) is 0 Å². The Morgan fingerprint density at radius 1 is 0.966 bits per heavy atom. The summed E-state index contributed by atoms with van der Waals surface area (Å²) < 4.78 is 42.4. The van der Waals surface area contributed by atoms with Crippen LogP contribution in [0.2, 0.25) is 0 Å². The maximum Gasteiger partial charge on any atom is 0.261 e. The van der Waals surface area contributed by atoms with Crippen LogP contribution in [0.4, 0.5) is 15.8 Å². The van der Waals surface area contributed by atoms with Gasteiger partial charge < -0.3 is 5.32 Å². The molecular weight excluding hydrogens is 459 g/mol. The monoisotopic (exact) mass is 476 g/mol. The molecule has 3 rings (SSSR count). The number of benzene rings is 3. The highest BCUT2D eigenvalue weighted by Crippen LogP contribution is 2.24. The summed E-state index contributed by atoms with van der Waals surface area (Å²) >= 11 is 3.20. The lowest BCUT2D eigenvalue weighted by molar-refractivity contribution is 0.102. The van der Waals surface area contributed by atoms with Crippen LogP contribution in [-0.2, 0) is 10.0 Å². The molecule has 2 N–H and O–H groups in total. The van der Waals surface area contributed by atoms with Crippen LogP contribution in [0.25, 0.3) is 0 Å². The Morgan fingerprint density at radius 2 is 1.59 bits per heavy atom. The predicted molar refractivity (Wildman–Crippen MR) is 115 cm³/mol. The number of sulfonamides is 1. The zero-order valence-corrected chi connectivity index (χ0v) is 18.1. The maximum atomic E-state index is 13.8. The van der Waals surface area contributed by atoms with E-state index in [9.17, 15) is 17.6 Å². The average molecular weight is 477 g/mol.